The van der Waals surface area contributed by atoms with Gasteiger partial charge in [-0.25, -0.2) is 4.39 Å². The number of nitrogens with one attached hydrogen (secondary N) is 1. The molecule has 2 rings (SSSR count). The third-order valence-electron chi connectivity index (χ3n) is 3.59. The number of hydrogen-bond donors (Lipinski definition) is 2. The second kappa shape index (κ2) is 10.0. The lowest BCUT2D eigenvalue weighted by Crippen LogP contribution is -2.19. The quantitative estimate of drug-likeness (QED) is 0.771. The van der Waals surface area contributed by atoms with E-state index in [1.54, 1.807) is 18.2 Å². The van der Waals surface area contributed by atoms with Crippen molar-refractivity contribution < 1.29 is 13.9 Å². The maximum absolute atomic E-state index is 13.1. The summed E-state index contributed by atoms with van der Waals surface area (Å²) in [7, 11) is 0. The summed E-state index contributed by atoms with van der Waals surface area (Å²) >= 11 is 0. The first-order valence-corrected chi connectivity index (χ1v) is 7.97. The lowest BCUT2D eigenvalue weighted by Gasteiger charge is -2.12. The number of anilines is 1. The highest BCUT2D eigenvalue weighted by Gasteiger charge is 2.07. The van der Waals surface area contributed by atoms with Gasteiger partial charge in [-0.15, -0.1) is 12.4 Å². The summed E-state index contributed by atoms with van der Waals surface area (Å²) in [6.45, 7) is 4.07. The number of rotatable bonds is 7. The number of ether oxygens (including phenoxy) is 1. The molecular weight excluding hydrogens is 343 g/mol. The zero-order chi connectivity index (χ0) is 17.5. The highest BCUT2D eigenvalue weighted by Crippen LogP contribution is 2.22. The summed E-state index contributed by atoms with van der Waals surface area (Å²) in [6, 6.07) is 11.8. The normalized spacial score (nSPS) is 11.4. The van der Waals surface area contributed by atoms with Gasteiger partial charge in [0.25, 0.3) is 0 Å². The van der Waals surface area contributed by atoms with Gasteiger partial charge in [0.15, 0.2) is 0 Å². The predicted octanol–water partition coefficient (Wildman–Crippen LogP) is 4.20. The van der Waals surface area contributed by atoms with E-state index in [1.165, 1.54) is 12.1 Å². The summed E-state index contributed by atoms with van der Waals surface area (Å²) < 4.78 is 18.8. The Morgan fingerprint density at radius 3 is 2.68 bits per heavy atom. The second-order valence-electron chi connectivity index (χ2n) is 5.96. The van der Waals surface area contributed by atoms with E-state index in [9.17, 15) is 9.18 Å². The van der Waals surface area contributed by atoms with Gasteiger partial charge in [0.05, 0.1) is 0 Å². The van der Waals surface area contributed by atoms with Crippen molar-refractivity contribution in [1.29, 1.82) is 0 Å². The molecule has 0 saturated heterocycles. The molecule has 0 radical (unpaired) electrons. The van der Waals surface area contributed by atoms with Crippen LogP contribution in [0.1, 0.15) is 30.9 Å². The van der Waals surface area contributed by atoms with Crippen molar-refractivity contribution in [1.82, 2.24) is 0 Å². The van der Waals surface area contributed by atoms with Crippen molar-refractivity contribution in [2.45, 2.75) is 39.3 Å². The molecule has 0 heterocycles. The first-order valence-electron chi connectivity index (χ1n) is 7.97. The molecule has 6 heteroatoms. The number of nitrogens with two attached hydrogens (primary N) is 1. The molecule has 0 spiro atoms. The maximum Gasteiger partial charge on any atom is 0.224 e. The van der Waals surface area contributed by atoms with Gasteiger partial charge in [-0.1, -0.05) is 12.1 Å². The van der Waals surface area contributed by atoms with Gasteiger partial charge in [-0.3, -0.25) is 4.79 Å². The SMILES string of the molecule is Cc1cc(OCc2cccc(F)c2)ccc1NC(=O)CCC(C)N.Cl. The van der Waals surface area contributed by atoms with Gasteiger partial charge in [-0.05, 0) is 61.7 Å². The molecule has 0 saturated carbocycles. The molecule has 0 aromatic heterocycles. The minimum absolute atomic E-state index is 0. The van der Waals surface area contributed by atoms with Crippen LogP contribution in [0.15, 0.2) is 42.5 Å². The van der Waals surface area contributed by atoms with Crippen molar-refractivity contribution >= 4 is 24.0 Å². The topological polar surface area (TPSA) is 64.3 Å². The highest BCUT2D eigenvalue weighted by molar-refractivity contribution is 5.91. The van der Waals surface area contributed by atoms with E-state index < -0.39 is 0 Å². The summed E-state index contributed by atoms with van der Waals surface area (Å²) in [5, 5.41) is 2.87. The van der Waals surface area contributed by atoms with E-state index in [-0.39, 0.29) is 36.8 Å². The molecular formula is C19H24ClFN2O2. The molecule has 4 nitrogen and oxygen atoms in total. The molecule has 1 amide bonds. The third-order valence-corrected chi connectivity index (χ3v) is 3.59. The summed E-state index contributed by atoms with van der Waals surface area (Å²) in [5.74, 6) is 0.339. The van der Waals surface area contributed by atoms with Gasteiger partial charge in [0.1, 0.15) is 18.2 Å². The number of carbonyl (C=O) groups excluding carboxylic acids is 1. The van der Waals surface area contributed by atoms with Crippen LogP contribution in [0.2, 0.25) is 0 Å². The minimum atomic E-state index is -0.280. The maximum atomic E-state index is 13.1. The van der Waals surface area contributed by atoms with E-state index in [0.29, 0.717) is 18.6 Å². The highest BCUT2D eigenvalue weighted by atomic mass is 35.5. The van der Waals surface area contributed by atoms with Crippen molar-refractivity contribution in [2.75, 3.05) is 5.32 Å². The number of carbonyl (C=O) groups is 1. The molecule has 1 atom stereocenters. The van der Waals surface area contributed by atoms with Crippen molar-refractivity contribution in [3.63, 3.8) is 0 Å². The zero-order valence-corrected chi connectivity index (χ0v) is 15.2. The monoisotopic (exact) mass is 366 g/mol. The molecule has 0 aliphatic carbocycles. The Balaban J connectivity index is 0.00000312. The van der Waals surface area contributed by atoms with Gasteiger partial charge >= 0.3 is 0 Å². The standard InChI is InChI=1S/C19H23FN2O2.ClH/c1-13-10-17(24-12-15-4-3-5-16(20)11-15)7-8-18(13)22-19(23)9-6-14(2)21;/h3-5,7-8,10-11,14H,6,9,12,21H2,1-2H3,(H,22,23);1H. The Labute approximate surface area is 154 Å². The average Bonchev–Trinajstić information content (AvgIpc) is 2.53. The van der Waals surface area contributed by atoms with E-state index in [2.05, 4.69) is 5.32 Å². The largest absolute Gasteiger partial charge is 0.489 e. The van der Waals surface area contributed by atoms with E-state index in [0.717, 1.165) is 16.8 Å². The molecule has 0 aliphatic rings. The zero-order valence-electron chi connectivity index (χ0n) is 14.4. The molecule has 3 N–H and O–H groups in total. The lowest BCUT2D eigenvalue weighted by atomic mass is 10.1. The Morgan fingerprint density at radius 1 is 1.28 bits per heavy atom. The molecule has 0 fully saturated rings. The van der Waals surface area contributed by atoms with Crippen molar-refractivity contribution in [3.8, 4) is 5.75 Å². The number of aryl methyl sites for hydroxylation is 1. The molecule has 136 valence electrons. The van der Waals surface area contributed by atoms with Crippen LogP contribution in [-0.4, -0.2) is 11.9 Å². The number of benzene rings is 2. The van der Waals surface area contributed by atoms with Gasteiger partial charge in [0.2, 0.25) is 5.91 Å². The Bertz CT molecular complexity index is 708. The van der Waals surface area contributed by atoms with Crippen LogP contribution < -0.4 is 15.8 Å². The van der Waals surface area contributed by atoms with Crippen LogP contribution in [0, 0.1) is 12.7 Å². The molecule has 2 aromatic carbocycles. The third kappa shape index (κ3) is 7.11. The summed E-state index contributed by atoms with van der Waals surface area (Å²) in [5.41, 5.74) is 8.08. The van der Waals surface area contributed by atoms with E-state index in [1.807, 2.05) is 26.0 Å². The summed E-state index contributed by atoms with van der Waals surface area (Å²) in [4.78, 5) is 11.9. The van der Waals surface area contributed by atoms with Crippen LogP contribution >= 0.6 is 12.4 Å². The molecule has 1 unspecified atom stereocenters. The number of halogens is 2. The summed E-state index contributed by atoms with van der Waals surface area (Å²) in [6.07, 6.45) is 1.05. The second-order valence-corrected chi connectivity index (χ2v) is 5.96. The van der Waals surface area contributed by atoms with Crippen LogP contribution in [0.25, 0.3) is 0 Å². The van der Waals surface area contributed by atoms with Gasteiger partial charge in [0, 0.05) is 18.2 Å². The lowest BCUT2D eigenvalue weighted by molar-refractivity contribution is -0.116. The van der Waals surface area contributed by atoms with Gasteiger partial charge < -0.3 is 15.8 Å². The fraction of sp³-hybridized carbons (Fsp3) is 0.316. The molecule has 25 heavy (non-hydrogen) atoms. The molecule has 0 aliphatic heterocycles. The number of hydrogen-bond acceptors (Lipinski definition) is 3. The van der Waals surface area contributed by atoms with E-state index in [4.69, 9.17) is 10.5 Å². The number of amides is 1. The smallest absolute Gasteiger partial charge is 0.224 e. The molecule has 2 aromatic rings. The predicted molar refractivity (Wildman–Crippen MR) is 101 cm³/mol. The van der Waals surface area contributed by atoms with Crippen LogP contribution in [0.5, 0.6) is 5.75 Å². The van der Waals surface area contributed by atoms with E-state index >= 15 is 0 Å². The minimum Gasteiger partial charge on any atom is -0.489 e. The fourth-order valence-electron chi connectivity index (χ4n) is 2.23. The Morgan fingerprint density at radius 2 is 2.04 bits per heavy atom. The van der Waals surface area contributed by atoms with Crippen molar-refractivity contribution in [3.05, 3.63) is 59.4 Å². The Kier molecular flexibility index (Phi) is 8.38. The average molecular weight is 367 g/mol. The first-order chi connectivity index (χ1) is 11.4. The van der Waals surface area contributed by atoms with Crippen molar-refractivity contribution in [2.24, 2.45) is 5.73 Å². The molecule has 0 bridgehead atoms. The van der Waals surface area contributed by atoms with Gasteiger partial charge in [-0.2, -0.15) is 0 Å². The van der Waals surface area contributed by atoms with Crippen LogP contribution in [0.3, 0.4) is 0 Å². The van der Waals surface area contributed by atoms with Crippen LogP contribution in [0.4, 0.5) is 10.1 Å². The fourth-order valence-corrected chi connectivity index (χ4v) is 2.23. The first kappa shape index (κ1) is 20.9. The van der Waals surface area contributed by atoms with Crippen LogP contribution in [-0.2, 0) is 11.4 Å². The Hall–Kier alpha value is -2.11.